The molecule has 0 aliphatic carbocycles. The molecule has 3 N–H and O–H groups in total. The molecule has 0 bridgehead atoms. The van der Waals surface area contributed by atoms with E-state index in [0.717, 1.165) is 43.0 Å². The Balaban J connectivity index is 0.000000241. The number of benzene rings is 1. The third kappa shape index (κ3) is 7.37. The lowest BCUT2D eigenvalue weighted by molar-refractivity contribution is -0.137. The third-order valence-electron chi connectivity index (χ3n) is 3.67. The molecule has 1 aromatic rings. The lowest BCUT2D eigenvalue weighted by Gasteiger charge is -2.27. The van der Waals surface area contributed by atoms with Gasteiger partial charge in [-0.15, -0.1) is 0 Å². The van der Waals surface area contributed by atoms with Crippen LogP contribution in [0.3, 0.4) is 0 Å². The minimum Gasteiger partial charge on any atom is -0.490 e. The number of aliphatic carboxylic acids is 1. The highest BCUT2D eigenvalue weighted by Crippen LogP contribution is 2.31. The SMILES string of the molecule is CC(C)(C)CCCC(=O)O.CN1CCOc2ccc(CN)cc21. The van der Waals surface area contributed by atoms with Crippen LogP contribution in [-0.2, 0) is 11.3 Å². The highest BCUT2D eigenvalue weighted by atomic mass is 16.5. The Morgan fingerprint density at radius 1 is 1.39 bits per heavy atom. The van der Waals surface area contributed by atoms with Gasteiger partial charge in [-0.25, -0.2) is 0 Å². The number of ether oxygens (including phenoxy) is 1. The van der Waals surface area contributed by atoms with Crippen molar-refractivity contribution < 1.29 is 14.6 Å². The average molecular weight is 322 g/mol. The van der Waals surface area contributed by atoms with Crippen molar-refractivity contribution in [1.29, 1.82) is 0 Å². The smallest absolute Gasteiger partial charge is 0.303 e. The molecule has 5 heteroatoms. The van der Waals surface area contributed by atoms with Crippen molar-refractivity contribution in [3.63, 3.8) is 0 Å². The highest BCUT2D eigenvalue weighted by molar-refractivity contribution is 5.66. The molecule has 0 saturated carbocycles. The molecule has 0 saturated heterocycles. The van der Waals surface area contributed by atoms with Gasteiger partial charge in [-0.1, -0.05) is 26.8 Å². The van der Waals surface area contributed by atoms with E-state index in [4.69, 9.17) is 15.6 Å². The Kier molecular flexibility index (Phi) is 7.36. The van der Waals surface area contributed by atoms with E-state index in [0.29, 0.717) is 13.0 Å². The van der Waals surface area contributed by atoms with Crippen LogP contribution in [0, 0.1) is 5.41 Å². The second kappa shape index (κ2) is 8.77. The maximum absolute atomic E-state index is 10.1. The molecule has 2 rings (SSSR count). The van der Waals surface area contributed by atoms with Crippen LogP contribution in [0.4, 0.5) is 5.69 Å². The van der Waals surface area contributed by atoms with Gasteiger partial charge in [-0.2, -0.15) is 0 Å². The molecule has 0 aromatic heterocycles. The van der Waals surface area contributed by atoms with E-state index < -0.39 is 5.97 Å². The Morgan fingerprint density at radius 2 is 2.09 bits per heavy atom. The molecular formula is C18H30N2O3. The van der Waals surface area contributed by atoms with Gasteiger partial charge in [-0.3, -0.25) is 4.79 Å². The molecule has 130 valence electrons. The van der Waals surface area contributed by atoms with Crippen molar-refractivity contribution >= 4 is 11.7 Å². The van der Waals surface area contributed by atoms with Crippen LogP contribution >= 0.6 is 0 Å². The summed E-state index contributed by atoms with van der Waals surface area (Å²) in [7, 11) is 2.07. The van der Waals surface area contributed by atoms with Crippen LogP contribution < -0.4 is 15.4 Å². The maximum atomic E-state index is 10.1. The first kappa shape index (κ1) is 19.3. The number of rotatable bonds is 4. The Morgan fingerprint density at radius 3 is 2.65 bits per heavy atom. The van der Waals surface area contributed by atoms with Crippen molar-refractivity contribution in [2.75, 3.05) is 25.1 Å². The molecule has 0 fully saturated rings. The number of likely N-dealkylation sites (N-methyl/N-ethyl adjacent to an activating group) is 1. The van der Waals surface area contributed by atoms with Gasteiger partial charge in [0.05, 0.1) is 12.2 Å². The fourth-order valence-corrected chi connectivity index (χ4v) is 2.29. The molecule has 1 aliphatic heterocycles. The van der Waals surface area contributed by atoms with Crippen molar-refractivity contribution in [2.45, 2.75) is 46.6 Å². The maximum Gasteiger partial charge on any atom is 0.303 e. The van der Waals surface area contributed by atoms with E-state index in [1.54, 1.807) is 0 Å². The predicted octanol–water partition coefficient (Wildman–Crippen LogP) is 3.26. The Hall–Kier alpha value is -1.75. The summed E-state index contributed by atoms with van der Waals surface area (Å²) in [5.74, 6) is 0.273. The summed E-state index contributed by atoms with van der Waals surface area (Å²) in [5, 5.41) is 8.31. The number of hydrogen-bond acceptors (Lipinski definition) is 4. The van der Waals surface area contributed by atoms with Crippen LogP contribution in [0.5, 0.6) is 5.75 Å². The monoisotopic (exact) mass is 322 g/mol. The molecular weight excluding hydrogens is 292 g/mol. The summed E-state index contributed by atoms with van der Waals surface area (Å²) in [6, 6.07) is 6.10. The van der Waals surface area contributed by atoms with Crippen LogP contribution in [0.1, 0.15) is 45.6 Å². The molecule has 0 radical (unpaired) electrons. The van der Waals surface area contributed by atoms with E-state index in [1.807, 2.05) is 12.1 Å². The fourth-order valence-electron chi connectivity index (χ4n) is 2.29. The molecule has 0 atom stereocenters. The molecule has 0 unspecified atom stereocenters. The highest BCUT2D eigenvalue weighted by Gasteiger charge is 2.14. The Bertz CT molecular complexity index is 509. The molecule has 1 heterocycles. The van der Waals surface area contributed by atoms with E-state index in [-0.39, 0.29) is 5.41 Å². The van der Waals surface area contributed by atoms with Gasteiger partial charge in [0.25, 0.3) is 0 Å². The van der Waals surface area contributed by atoms with Gasteiger partial charge < -0.3 is 20.5 Å². The molecule has 1 aliphatic rings. The number of nitrogens with zero attached hydrogens (tertiary/aromatic N) is 1. The van der Waals surface area contributed by atoms with Crippen LogP contribution in [0.15, 0.2) is 18.2 Å². The first-order valence-corrected chi connectivity index (χ1v) is 8.11. The number of hydrogen-bond donors (Lipinski definition) is 2. The minimum atomic E-state index is -0.691. The summed E-state index contributed by atoms with van der Waals surface area (Å²) in [5.41, 5.74) is 8.14. The molecule has 1 aromatic carbocycles. The summed E-state index contributed by atoms with van der Waals surface area (Å²) in [4.78, 5) is 12.3. The van der Waals surface area contributed by atoms with Crippen LogP contribution in [0.2, 0.25) is 0 Å². The standard InChI is InChI=1S/C10H14N2O.C8H16O2/c1-12-4-5-13-10-3-2-8(7-11)6-9(10)12;1-8(2,3)6-4-5-7(9)10/h2-3,6H,4-5,7,11H2,1H3;4-6H2,1-3H3,(H,9,10). The summed E-state index contributed by atoms with van der Waals surface area (Å²) < 4.78 is 5.51. The van der Waals surface area contributed by atoms with Gasteiger partial charge >= 0.3 is 5.97 Å². The lowest BCUT2D eigenvalue weighted by atomic mass is 9.90. The normalized spacial score (nSPS) is 13.5. The number of carboxylic acid groups (broad SMARTS) is 1. The van der Waals surface area contributed by atoms with Crippen LogP contribution in [-0.4, -0.2) is 31.3 Å². The number of carbonyl (C=O) groups is 1. The quantitative estimate of drug-likeness (QED) is 0.890. The fraction of sp³-hybridized carbons (Fsp3) is 0.611. The second-order valence-corrected chi connectivity index (χ2v) is 7.08. The first-order chi connectivity index (χ1) is 10.7. The largest absolute Gasteiger partial charge is 0.490 e. The summed E-state index contributed by atoms with van der Waals surface area (Å²) in [6.45, 7) is 8.66. The van der Waals surface area contributed by atoms with Crippen molar-refractivity contribution in [3.05, 3.63) is 23.8 Å². The van der Waals surface area contributed by atoms with Gasteiger partial charge in [0.2, 0.25) is 0 Å². The lowest BCUT2D eigenvalue weighted by Crippen LogP contribution is -2.28. The summed E-state index contributed by atoms with van der Waals surface area (Å²) >= 11 is 0. The predicted molar refractivity (Wildman–Crippen MR) is 94.0 cm³/mol. The zero-order valence-corrected chi connectivity index (χ0v) is 14.8. The topological polar surface area (TPSA) is 75.8 Å². The van der Waals surface area contributed by atoms with Crippen molar-refractivity contribution in [1.82, 2.24) is 0 Å². The van der Waals surface area contributed by atoms with Gasteiger partial charge in [-0.05, 0) is 36.0 Å². The van der Waals surface area contributed by atoms with E-state index in [1.165, 1.54) is 0 Å². The molecule has 0 spiro atoms. The zero-order chi connectivity index (χ0) is 17.5. The van der Waals surface area contributed by atoms with Crippen molar-refractivity contribution in [3.8, 4) is 5.75 Å². The number of nitrogens with two attached hydrogens (primary N) is 1. The second-order valence-electron chi connectivity index (χ2n) is 7.08. The molecule has 5 nitrogen and oxygen atoms in total. The third-order valence-corrected chi connectivity index (χ3v) is 3.67. The van der Waals surface area contributed by atoms with Gasteiger partial charge in [0.1, 0.15) is 12.4 Å². The summed E-state index contributed by atoms with van der Waals surface area (Å²) in [6.07, 6.45) is 2.08. The first-order valence-electron chi connectivity index (χ1n) is 8.11. The van der Waals surface area contributed by atoms with E-state index >= 15 is 0 Å². The Labute approximate surface area is 139 Å². The number of fused-ring (bicyclic) bond motifs is 1. The van der Waals surface area contributed by atoms with Crippen molar-refractivity contribution in [2.24, 2.45) is 11.1 Å². The number of anilines is 1. The van der Waals surface area contributed by atoms with Gasteiger partial charge in [0, 0.05) is 20.0 Å². The molecule has 23 heavy (non-hydrogen) atoms. The van der Waals surface area contributed by atoms with Gasteiger partial charge in [0.15, 0.2) is 0 Å². The minimum absolute atomic E-state index is 0.273. The number of carboxylic acids is 1. The van der Waals surface area contributed by atoms with Crippen LogP contribution in [0.25, 0.3) is 0 Å². The average Bonchev–Trinajstić information content (AvgIpc) is 2.46. The zero-order valence-electron chi connectivity index (χ0n) is 14.8. The van der Waals surface area contributed by atoms with E-state index in [2.05, 4.69) is 38.8 Å². The molecule has 0 amide bonds. The van der Waals surface area contributed by atoms with E-state index in [9.17, 15) is 4.79 Å².